The van der Waals surface area contributed by atoms with E-state index < -0.39 is 17.7 Å². The highest BCUT2D eigenvalue weighted by atomic mass is 79.9. The van der Waals surface area contributed by atoms with Crippen molar-refractivity contribution in [3.8, 4) is 0 Å². The molecule has 0 amide bonds. The van der Waals surface area contributed by atoms with E-state index in [1.165, 1.54) is 0 Å². The van der Waals surface area contributed by atoms with Crippen LogP contribution in [-0.2, 0) is 0 Å². The second-order valence-corrected chi connectivity index (χ2v) is 5.77. The average molecular weight is 349 g/mol. The lowest BCUT2D eigenvalue weighted by atomic mass is 9.98. The molecule has 1 unspecified atom stereocenters. The van der Waals surface area contributed by atoms with E-state index >= 15 is 0 Å². The number of halogens is 3. The summed E-state index contributed by atoms with van der Waals surface area (Å²) in [5, 5.41) is 12.3. The Bertz CT molecular complexity index is 797. The number of fused-ring (bicyclic) bond motifs is 1. The Morgan fingerprint density at radius 2 is 1.38 bits per heavy atom. The Hall–Kier alpha value is -1.78. The zero-order valence-electron chi connectivity index (χ0n) is 10.9. The maximum Gasteiger partial charge on any atom is 0.126 e. The molecule has 106 valence electrons. The second kappa shape index (κ2) is 5.54. The molecule has 0 aromatic heterocycles. The fraction of sp³-hybridized carbons (Fsp3) is 0.0588. The van der Waals surface area contributed by atoms with Gasteiger partial charge in [0.1, 0.15) is 17.7 Å². The maximum absolute atomic E-state index is 13.2. The molecule has 1 nitrogen and oxygen atoms in total. The highest BCUT2D eigenvalue weighted by molar-refractivity contribution is 9.10. The summed E-state index contributed by atoms with van der Waals surface area (Å²) >= 11 is 3.40. The standard InChI is InChI=1S/C17H11BrF2O/c18-14-4-3-10-5-12(2-1-11(10)6-14)17(21)13-7-15(19)9-16(20)8-13/h1-9,17,21H. The van der Waals surface area contributed by atoms with Crippen LogP contribution < -0.4 is 0 Å². The fourth-order valence-electron chi connectivity index (χ4n) is 2.33. The highest BCUT2D eigenvalue weighted by Gasteiger charge is 2.13. The molecule has 3 aromatic rings. The van der Waals surface area contributed by atoms with Gasteiger partial charge in [0.25, 0.3) is 0 Å². The minimum absolute atomic E-state index is 0.198. The van der Waals surface area contributed by atoms with Gasteiger partial charge in [-0.3, -0.25) is 0 Å². The first-order valence-corrected chi connectivity index (χ1v) is 7.15. The topological polar surface area (TPSA) is 20.2 Å². The second-order valence-electron chi connectivity index (χ2n) is 4.86. The predicted molar refractivity (Wildman–Crippen MR) is 82.1 cm³/mol. The van der Waals surface area contributed by atoms with E-state index in [4.69, 9.17) is 0 Å². The third-order valence-corrected chi connectivity index (χ3v) is 3.84. The van der Waals surface area contributed by atoms with Crippen LogP contribution in [0.25, 0.3) is 10.8 Å². The van der Waals surface area contributed by atoms with Crippen molar-refractivity contribution in [3.05, 3.63) is 81.8 Å². The van der Waals surface area contributed by atoms with E-state index in [9.17, 15) is 13.9 Å². The first kappa shape index (κ1) is 14.2. The Morgan fingerprint density at radius 1 is 0.762 bits per heavy atom. The largest absolute Gasteiger partial charge is 0.384 e. The lowest BCUT2D eigenvalue weighted by molar-refractivity contribution is 0.219. The molecule has 4 heteroatoms. The maximum atomic E-state index is 13.2. The number of benzene rings is 3. The first-order valence-electron chi connectivity index (χ1n) is 6.36. The number of hydrogen-bond acceptors (Lipinski definition) is 1. The van der Waals surface area contributed by atoms with Crippen LogP contribution in [0.1, 0.15) is 17.2 Å². The molecule has 0 saturated heterocycles. The van der Waals surface area contributed by atoms with Gasteiger partial charge in [-0.25, -0.2) is 8.78 Å². The number of aliphatic hydroxyl groups excluding tert-OH is 1. The summed E-state index contributed by atoms with van der Waals surface area (Å²) in [5.41, 5.74) is 0.791. The molecular formula is C17H11BrF2O. The van der Waals surface area contributed by atoms with E-state index in [1.54, 1.807) is 6.07 Å². The molecule has 1 N–H and O–H groups in total. The third kappa shape index (κ3) is 2.96. The monoisotopic (exact) mass is 348 g/mol. The van der Waals surface area contributed by atoms with Gasteiger partial charge in [0.2, 0.25) is 0 Å². The van der Waals surface area contributed by atoms with E-state index in [1.807, 2.05) is 30.3 Å². The van der Waals surface area contributed by atoms with Gasteiger partial charge in [-0.05, 0) is 52.2 Å². The molecule has 21 heavy (non-hydrogen) atoms. The minimum Gasteiger partial charge on any atom is -0.384 e. The highest BCUT2D eigenvalue weighted by Crippen LogP contribution is 2.27. The molecular weight excluding hydrogens is 338 g/mol. The molecule has 3 aromatic carbocycles. The van der Waals surface area contributed by atoms with Crippen molar-refractivity contribution in [2.24, 2.45) is 0 Å². The van der Waals surface area contributed by atoms with Gasteiger partial charge < -0.3 is 5.11 Å². The molecule has 0 fully saturated rings. The van der Waals surface area contributed by atoms with Crippen LogP contribution >= 0.6 is 15.9 Å². The van der Waals surface area contributed by atoms with Gasteiger partial charge in [0.05, 0.1) is 0 Å². The molecule has 1 atom stereocenters. The summed E-state index contributed by atoms with van der Waals surface area (Å²) in [7, 11) is 0. The summed E-state index contributed by atoms with van der Waals surface area (Å²) in [6.07, 6.45) is -1.07. The molecule has 0 aliphatic rings. The van der Waals surface area contributed by atoms with Crippen molar-refractivity contribution in [1.82, 2.24) is 0 Å². The van der Waals surface area contributed by atoms with Crippen LogP contribution in [0, 0.1) is 11.6 Å². The first-order chi connectivity index (χ1) is 10.0. The van der Waals surface area contributed by atoms with Crippen LogP contribution in [-0.4, -0.2) is 5.11 Å². The minimum atomic E-state index is -1.07. The smallest absolute Gasteiger partial charge is 0.126 e. The van der Waals surface area contributed by atoms with Crippen LogP contribution in [0.3, 0.4) is 0 Å². The summed E-state index contributed by atoms with van der Waals surface area (Å²) in [5.74, 6) is -1.40. The zero-order valence-corrected chi connectivity index (χ0v) is 12.4. The molecule has 0 aliphatic carbocycles. The molecule has 0 bridgehead atoms. The van der Waals surface area contributed by atoms with Crippen molar-refractivity contribution in [1.29, 1.82) is 0 Å². The average Bonchev–Trinajstić information content (AvgIpc) is 2.45. The van der Waals surface area contributed by atoms with E-state index in [0.29, 0.717) is 5.56 Å². The van der Waals surface area contributed by atoms with Crippen molar-refractivity contribution >= 4 is 26.7 Å². The Balaban J connectivity index is 2.04. The van der Waals surface area contributed by atoms with E-state index in [0.717, 1.165) is 33.4 Å². The number of hydrogen-bond donors (Lipinski definition) is 1. The van der Waals surface area contributed by atoms with Crippen molar-refractivity contribution in [3.63, 3.8) is 0 Å². The summed E-state index contributed by atoms with van der Waals surface area (Å²) in [6.45, 7) is 0. The normalized spacial score (nSPS) is 12.6. The fourth-order valence-corrected chi connectivity index (χ4v) is 2.71. The number of rotatable bonds is 2. The molecule has 0 radical (unpaired) electrons. The SMILES string of the molecule is OC(c1cc(F)cc(F)c1)c1ccc2cc(Br)ccc2c1. The Kier molecular flexibility index (Phi) is 3.74. The van der Waals surface area contributed by atoms with Gasteiger partial charge in [-0.2, -0.15) is 0 Å². The summed E-state index contributed by atoms with van der Waals surface area (Å²) in [4.78, 5) is 0. The van der Waals surface area contributed by atoms with Gasteiger partial charge in [-0.15, -0.1) is 0 Å². The van der Waals surface area contributed by atoms with Gasteiger partial charge in [0.15, 0.2) is 0 Å². The molecule has 3 rings (SSSR count). The Labute approximate surface area is 129 Å². The molecule has 0 saturated carbocycles. The van der Waals surface area contributed by atoms with Gasteiger partial charge in [-0.1, -0.05) is 34.1 Å². The van der Waals surface area contributed by atoms with Crippen LogP contribution in [0.2, 0.25) is 0 Å². The lowest BCUT2D eigenvalue weighted by Gasteiger charge is -2.13. The van der Waals surface area contributed by atoms with Crippen LogP contribution in [0.4, 0.5) is 8.78 Å². The molecule has 0 aliphatic heterocycles. The summed E-state index contributed by atoms with van der Waals surface area (Å²) in [6, 6.07) is 14.3. The van der Waals surface area contributed by atoms with Crippen LogP contribution in [0.5, 0.6) is 0 Å². The van der Waals surface area contributed by atoms with Crippen molar-refractivity contribution in [2.45, 2.75) is 6.10 Å². The quantitative estimate of drug-likeness (QED) is 0.693. The van der Waals surface area contributed by atoms with Crippen molar-refractivity contribution < 1.29 is 13.9 Å². The number of aliphatic hydroxyl groups is 1. The zero-order chi connectivity index (χ0) is 15.0. The van der Waals surface area contributed by atoms with Crippen LogP contribution in [0.15, 0.2) is 59.1 Å². The van der Waals surface area contributed by atoms with E-state index in [2.05, 4.69) is 15.9 Å². The molecule has 0 spiro atoms. The third-order valence-electron chi connectivity index (χ3n) is 3.34. The predicted octanol–water partition coefficient (Wildman–Crippen LogP) is 4.96. The summed E-state index contributed by atoms with van der Waals surface area (Å²) < 4.78 is 27.5. The van der Waals surface area contributed by atoms with E-state index in [-0.39, 0.29) is 5.56 Å². The van der Waals surface area contributed by atoms with Gasteiger partial charge >= 0.3 is 0 Å². The molecule has 0 heterocycles. The van der Waals surface area contributed by atoms with Crippen molar-refractivity contribution in [2.75, 3.05) is 0 Å². The van der Waals surface area contributed by atoms with Gasteiger partial charge in [0, 0.05) is 10.5 Å². The Morgan fingerprint density at radius 3 is 2.10 bits per heavy atom. The lowest BCUT2D eigenvalue weighted by Crippen LogP contribution is -2.01.